The molecule has 4 nitrogen and oxygen atoms in total. The van der Waals surface area contributed by atoms with Crippen molar-refractivity contribution in [1.82, 2.24) is 9.80 Å². The molecular weight excluding hydrogens is 238 g/mol. The number of ether oxygens (including phenoxy) is 1. The van der Waals surface area contributed by atoms with E-state index in [4.69, 9.17) is 10.00 Å². The van der Waals surface area contributed by atoms with Gasteiger partial charge in [-0.15, -0.1) is 0 Å². The van der Waals surface area contributed by atoms with Gasteiger partial charge >= 0.3 is 0 Å². The van der Waals surface area contributed by atoms with Gasteiger partial charge in [0.1, 0.15) is 5.75 Å². The molecule has 0 saturated carbocycles. The van der Waals surface area contributed by atoms with Gasteiger partial charge in [0, 0.05) is 25.2 Å². The van der Waals surface area contributed by atoms with E-state index >= 15 is 0 Å². The second-order valence-electron chi connectivity index (χ2n) is 5.07. The Morgan fingerprint density at radius 1 is 1.26 bits per heavy atom. The number of hydrogen-bond acceptors (Lipinski definition) is 4. The molecule has 0 atom stereocenters. The van der Waals surface area contributed by atoms with Gasteiger partial charge in [0.25, 0.3) is 0 Å². The van der Waals surface area contributed by atoms with Gasteiger partial charge < -0.3 is 9.64 Å². The van der Waals surface area contributed by atoms with Crippen molar-refractivity contribution < 1.29 is 4.74 Å². The van der Waals surface area contributed by atoms with Crippen molar-refractivity contribution in [3.05, 3.63) is 29.3 Å². The molecule has 1 aliphatic heterocycles. The molecule has 0 aliphatic carbocycles. The average molecular weight is 259 g/mol. The summed E-state index contributed by atoms with van der Waals surface area (Å²) in [5.41, 5.74) is 1.80. The quantitative estimate of drug-likeness (QED) is 0.828. The predicted molar refractivity (Wildman–Crippen MR) is 75.1 cm³/mol. The van der Waals surface area contributed by atoms with Crippen LogP contribution < -0.4 is 4.74 Å². The first-order valence-electron chi connectivity index (χ1n) is 6.71. The SMILES string of the molecule is COc1ccc(C#N)cc1CN1CCCN(C)CC1. The van der Waals surface area contributed by atoms with Gasteiger partial charge in [-0.2, -0.15) is 5.26 Å². The maximum atomic E-state index is 9.00. The summed E-state index contributed by atoms with van der Waals surface area (Å²) in [4.78, 5) is 4.80. The van der Waals surface area contributed by atoms with Crippen LogP contribution in [0.15, 0.2) is 18.2 Å². The molecule has 2 rings (SSSR count). The number of hydrogen-bond donors (Lipinski definition) is 0. The van der Waals surface area contributed by atoms with Gasteiger partial charge in [-0.3, -0.25) is 4.90 Å². The van der Waals surface area contributed by atoms with Gasteiger partial charge in [0.2, 0.25) is 0 Å². The van der Waals surface area contributed by atoms with Gasteiger partial charge in [0.15, 0.2) is 0 Å². The fraction of sp³-hybridized carbons (Fsp3) is 0.533. The molecule has 102 valence electrons. The average Bonchev–Trinajstić information content (AvgIpc) is 2.63. The first-order valence-corrected chi connectivity index (χ1v) is 6.71. The van der Waals surface area contributed by atoms with Gasteiger partial charge in [-0.1, -0.05) is 0 Å². The van der Waals surface area contributed by atoms with Crippen LogP contribution in [-0.2, 0) is 6.54 Å². The highest BCUT2D eigenvalue weighted by atomic mass is 16.5. The Balaban J connectivity index is 2.11. The van der Waals surface area contributed by atoms with Crippen LogP contribution in [0.25, 0.3) is 0 Å². The molecule has 19 heavy (non-hydrogen) atoms. The minimum atomic E-state index is 0.697. The Kier molecular flexibility index (Phi) is 4.78. The van der Waals surface area contributed by atoms with E-state index in [0.717, 1.165) is 44.0 Å². The lowest BCUT2D eigenvalue weighted by atomic mass is 10.1. The highest BCUT2D eigenvalue weighted by Crippen LogP contribution is 2.22. The molecule has 1 aliphatic rings. The molecule has 1 fully saturated rings. The molecule has 0 bridgehead atoms. The number of rotatable bonds is 3. The lowest BCUT2D eigenvalue weighted by Crippen LogP contribution is -2.28. The monoisotopic (exact) mass is 259 g/mol. The van der Waals surface area contributed by atoms with Gasteiger partial charge in [-0.25, -0.2) is 0 Å². The maximum absolute atomic E-state index is 9.00. The number of benzene rings is 1. The second-order valence-corrected chi connectivity index (χ2v) is 5.07. The van der Waals surface area contributed by atoms with Gasteiger partial charge in [0.05, 0.1) is 18.7 Å². The van der Waals surface area contributed by atoms with Crippen LogP contribution in [0.3, 0.4) is 0 Å². The molecule has 0 spiro atoms. The molecule has 1 aromatic carbocycles. The van der Waals surface area contributed by atoms with E-state index in [1.54, 1.807) is 13.2 Å². The van der Waals surface area contributed by atoms with Crippen LogP contribution in [0.5, 0.6) is 5.75 Å². The molecule has 4 heteroatoms. The molecule has 0 aromatic heterocycles. The third kappa shape index (κ3) is 3.69. The summed E-state index contributed by atoms with van der Waals surface area (Å²) in [5, 5.41) is 9.00. The van der Waals surface area contributed by atoms with E-state index < -0.39 is 0 Å². The lowest BCUT2D eigenvalue weighted by Gasteiger charge is -2.21. The first kappa shape index (κ1) is 13.9. The summed E-state index contributed by atoms with van der Waals surface area (Å²) < 4.78 is 5.39. The Hall–Kier alpha value is -1.57. The molecule has 0 amide bonds. The number of nitrogens with zero attached hydrogens (tertiary/aromatic N) is 3. The molecule has 0 unspecified atom stereocenters. The predicted octanol–water partition coefficient (Wildman–Crippen LogP) is 1.70. The summed E-state index contributed by atoms with van der Waals surface area (Å²) in [7, 11) is 3.85. The third-order valence-electron chi connectivity index (χ3n) is 3.62. The van der Waals surface area contributed by atoms with Crippen molar-refractivity contribution in [3.8, 4) is 11.8 Å². The Labute approximate surface area is 115 Å². The van der Waals surface area contributed by atoms with Crippen LogP contribution in [0.1, 0.15) is 17.5 Å². The van der Waals surface area contributed by atoms with E-state index in [1.165, 1.54) is 6.42 Å². The second kappa shape index (κ2) is 6.55. The fourth-order valence-corrected chi connectivity index (χ4v) is 2.47. The minimum Gasteiger partial charge on any atom is -0.496 e. The van der Waals surface area contributed by atoms with Crippen LogP contribution in [0, 0.1) is 11.3 Å². The Bertz CT molecular complexity index is 467. The van der Waals surface area contributed by atoms with Crippen LogP contribution in [0.4, 0.5) is 0 Å². The number of likely N-dealkylation sites (N-methyl/N-ethyl adjacent to an activating group) is 1. The highest BCUT2D eigenvalue weighted by Gasteiger charge is 2.14. The van der Waals surface area contributed by atoms with Crippen molar-refractivity contribution in [3.63, 3.8) is 0 Å². The lowest BCUT2D eigenvalue weighted by molar-refractivity contribution is 0.265. The molecule has 0 radical (unpaired) electrons. The number of methoxy groups -OCH3 is 1. The molecule has 0 N–H and O–H groups in total. The van der Waals surface area contributed by atoms with Crippen molar-refractivity contribution >= 4 is 0 Å². The number of nitriles is 1. The van der Waals surface area contributed by atoms with E-state index in [1.807, 2.05) is 12.1 Å². The molecular formula is C15H21N3O. The largest absolute Gasteiger partial charge is 0.496 e. The Morgan fingerprint density at radius 3 is 2.84 bits per heavy atom. The van der Waals surface area contributed by atoms with Crippen LogP contribution in [0.2, 0.25) is 0 Å². The molecule has 1 aromatic rings. The molecule has 1 heterocycles. The summed E-state index contributed by atoms with van der Waals surface area (Å²) >= 11 is 0. The van der Waals surface area contributed by atoms with Crippen LogP contribution in [-0.4, -0.2) is 50.1 Å². The summed E-state index contributed by atoms with van der Waals surface area (Å²) in [6, 6.07) is 7.82. The molecule has 1 saturated heterocycles. The maximum Gasteiger partial charge on any atom is 0.123 e. The zero-order chi connectivity index (χ0) is 13.7. The zero-order valence-corrected chi connectivity index (χ0v) is 11.7. The van der Waals surface area contributed by atoms with Crippen LogP contribution >= 0.6 is 0 Å². The van der Waals surface area contributed by atoms with Crippen molar-refractivity contribution in [2.45, 2.75) is 13.0 Å². The van der Waals surface area contributed by atoms with Gasteiger partial charge in [-0.05, 0) is 44.8 Å². The van der Waals surface area contributed by atoms with Crippen molar-refractivity contribution in [1.29, 1.82) is 5.26 Å². The highest BCUT2D eigenvalue weighted by molar-refractivity contribution is 5.42. The van der Waals surface area contributed by atoms with Crippen molar-refractivity contribution in [2.75, 3.05) is 40.3 Å². The smallest absolute Gasteiger partial charge is 0.123 e. The van der Waals surface area contributed by atoms with E-state index in [0.29, 0.717) is 5.56 Å². The van der Waals surface area contributed by atoms with E-state index in [-0.39, 0.29) is 0 Å². The topological polar surface area (TPSA) is 39.5 Å². The van der Waals surface area contributed by atoms with E-state index in [9.17, 15) is 0 Å². The fourth-order valence-electron chi connectivity index (χ4n) is 2.47. The normalized spacial score (nSPS) is 17.7. The third-order valence-corrected chi connectivity index (χ3v) is 3.62. The van der Waals surface area contributed by atoms with Crippen molar-refractivity contribution in [2.24, 2.45) is 0 Å². The summed E-state index contributed by atoms with van der Waals surface area (Å²) in [6.07, 6.45) is 1.19. The first-order chi connectivity index (χ1) is 9.22. The summed E-state index contributed by atoms with van der Waals surface area (Å²) in [5.74, 6) is 0.872. The van der Waals surface area contributed by atoms with E-state index in [2.05, 4.69) is 22.9 Å². The standard InChI is InChI=1S/C15H21N3O/c1-17-6-3-7-18(9-8-17)12-14-10-13(11-16)4-5-15(14)19-2/h4-5,10H,3,6-9,12H2,1-2H3. The Morgan fingerprint density at radius 2 is 2.11 bits per heavy atom. The zero-order valence-electron chi connectivity index (χ0n) is 11.7. The minimum absolute atomic E-state index is 0.697. The summed E-state index contributed by atoms with van der Waals surface area (Å²) in [6.45, 7) is 5.28.